The summed E-state index contributed by atoms with van der Waals surface area (Å²) in [5.41, 5.74) is 2.26. The standard InChI is InChI=1S/C20H24N2O2/c1-16(18-13-6-3-7-14-18)22-20(24)19(23)21-15-9-8-12-17-10-4-2-5-11-17/h2-7,10-11,13-14,16H,8-9,12,15H2,1H3,(H,21,23)(H,22,24)/t16-/m1/s1. The molecule has 0 aliphatic carbocycles. The molecule has 4 nitrogen and oxygen atoms in total. The number of benzene rings is 2. The van der Waals surface area contributed by atoms with E-state index in [1.807, 2.05) is 55.5 Å². The Balaban J connectivity index is 1.64. The van der Waals surface area contributed by atoms with Gasteiger partial charge in [-0.1, -0.05) is 60.7 Å². The molecule has 0 saturated carbocycles. The second-order valence-corrected chi connectivity index (χ2v) is 5.80. The topological polar surface area (TPSA) is 58.2 Å². The highest BCUT2D eigenvalue weighted by molar-refractivity contribution is 6.35. The number of hydrogen-bond acceptors (Lipinski definition) is 2. The van der Waals surface area contributed by atoms with Crippen LogP contribution in [-0.4, -0.2) is 18.4 Å². The predicted octanol–water partition coefficient (Wildman–Crippen LogP) is 3.00. The molecule has 0 aliphatic heterocycles. The van der Waals surface area contributed by atoms with Gasteiger partial charge in [-0.3, -0.25) is 9.59 Å². The Bertz CT molecular complexity index is 641. The number of nitrogens with one attached hydrogen (secondary N) is 2. The fourth-order valence-electron chi connectivity index (χ4n) is 2.47. The van der Waals surface area contributed by atoms with Gasteiger partial charge in [-0.15, -0.1) is 0 Å². The van der Waals surface area contributed by atoms with Gasteiger partial charge in [-0.2, -0.15) is 0 Å². The number of aryl methyl sites for hydroxylation is 1. The first-order valence-corrected chi connectivity index (χ1v) is 8.34. The fourth-order valence-corrected chi connectivity index (χ4v) is 2.47. The molecule has 24 heavy (non-hydrogen) atoms. The molecule has 0 saturated heterocycles. The van der Waals surface area contributed by atoms with E-state index in [1.165, 1.54) is 5.56 Å². The molecule has 2 aromatic carbocycles. The molecule has 0 aliphatic rings. The fraction of sp³-hybridized carbons (Fsp3) is 0.300. The van der Waals surface area contributed by atoms with Crippen LogP contribution in [0.25, 0.3) is 0 Å². The van der Waals surface area contributed by atoms with E-state index in [9.17, 15) is 9.59 Å². The number of rotatable bonds is 7. The molecule has 0 heterocycles. The lowest BCUT2D eigenvalue weighted by atomic mass is 10.1. The van der Waals surface area contributed by atoms with Gasteiger partial charge in [0.05, 0.1) is 6.04 Å². The third kappa shape index (κ3) is 5.88. The van der Waals surface area contributed by atoms with Crippen LogP contribution in [0.3, 0.4) is 0 Å². The van der Waals surface area contributed by atoms with Crippen molar-refractivity contribution in [3.05, 3.63) is 71.8 Å². The maximum absolute atomic E-state index is 11.9. The monoisotopic (exact) mass is 324 g/mol. The van der Waals surface area contributed by atoms with Gasteiger partial charge in [-0.05, 0) is 37.3 Å². The lowest BCUT2D eigenvalue weighted by molar-refractivity contribution is -0.139. The molecule has 0 fully saturated rings. The summed E-state index contributed by atoms with van der Waals surface area (Å²) in [5.74, 6) is -1.16. The van der Waals surface area contributed by atoms with Gasteiger partial charge in [0.2, 0.25) is 0 Å². The molecular formula is C20H24N2O2. The van der Waals surface area contributed by atoms with Crippen LogP contribution in [0.4, 0.5) is 0 Å². The summed E-state index contributed by atoms with van der Waals surface area (Å²) < 4.78 is 0. The van der Waals surface area contributed by atoms with E-state index in [2.05, 4.69) is 22.8 Å². The van der Waals surface area contributed by atoms with Gasteiger partial charge >= 0.3 is 11.8 Å². The van der Waals surface area contributed by atoms with E-state index in [4.69, 9.17) is 0 Å². The molecule has 0 bridgehead atoms. The van der Waals surface area contributed by atoms with Crippen LogP contribution in [0.15, 0.2) is 60.7 Å². The first-order chi connectivity index (χ1) is 11.7. The second kappa shape index (κ2) is 9.50. The van der Waals surface area contributed by atoms with Crippen molar-refractivity contribution in [2.75, 3.05) is 6.54 Å². The highest BCUT2D eigenvalue weighted by Gasteiger charge is 2.16. The molecule has 0 unspecified atom stereocenters. The Kier molecular flexibility index (Phi) is 7.02. The number of unbranched alkanes of at least 4 members (excludes halogenated alkanes) is 1. The Hall–Kier alpha value is -2.62. The average Bonchev–Trinajstić information content (AvgIpc) is 2.62. The van der Waals surface area contributed by atoms with Crippen LogP contribution < -0.4 is 10.6 Å². The van der Waals surface area contributed by atoms with Crippen molar-refractivity contribution in [2.24, 2.45) is 0 Å². The zero-order chi connectivity index (χ0) is 17.2. The molecule has 0 radical (unpaired) electrons. The summed E-state index contributed by atoms with van der Waals surface area (Å²) in [6.07, 6.45) is 2.81. The van der Waals surface area contributed by atoms with Crippen molar-refractivity contribution in [1.29, 1.82) is 0 Å². The van der Waals surface area contributed by atoms with Gasteiger partial charge in [0, 0.05) is 6.54 Å². The van der Waals surface area contributed by atoms with E-state index in [-0.39, 0.29) is 6.04 Å². The van der Waals surface area contributed by atoms with Crippen molar-refractivity contribution >= 4 is 11.8 Å². The zero-order valence-corrected chi connectivity index (χ0v) is 14.0. The lowest BCUT2D eigenvalue weighted by Crippen LogP contribution is -2.41. The maximum Gasteiger partial charge on any atom is 0.309 e. The minimum absolute atomic E-state index is 0.192. The first-order valence-electron chi connectivity index (χ1n) is 8.34. The third-order valence-corrected chi connectivity index (χ3v) is 3.87. The van der Waals surface area contributed by atoms with Crippen LogP contribution >= 0.6 is 0 Å². The number of carbonyl (C=O) groups is 2. The Morgan fingerprint density at radius 1 is 0.875 bits per heavy atom. The molecular weight excluding hydrogens is 300 g/mol. The molecule has 1 atom stereocenters. The van der Waals surface area contributed by atoms with Gasteiger partial charge in [0.1, 0.15) is 0 Å². The molecule has 0 spiro atoms. The van der Waals surface area contributed by atoms with Crippen LogP contribution in [0.1, 0.15) is 36.9 Å². The van der Waals surface area contributed by atoms with E-state index < -0.39 is 11.8 Å². The highest BCUT2D eigenvalue weighted by Crippen LogP contribution is 2.10. The van der Waals surface area contributed by atoms with E-state index >= 15 is 0 Å². The normalized spacial score (nSPS) is 11.5. The quantitative estimate of drug-likeness (QED) is 0.607. The molecule has 4 heteroatoms. The van der Waals surface area contributed by atoms with Crippen LogP contribution in [-0.2, 0) is 16.0 Å². The number of hydrogen-bond donors (Lipinski definition) is 2. The summed E-state index contributed by atoms with van der Waals surface area (Å²) >= 11 is 0. The summed E-state index contributed by atoms with van der Waals surface area (Å²) in [7, 11) is 0. The van der Waals surface area contributed by atoms with Crippen molar-refractivity contribution in [3.8, 4) is 0 Å². The lowest BCUT2D eigenvalue weighted by Gasteiger charge is -2.14. The van der Waals surface area contributed by atoms with Crippen molar-refractivity contribution in [1.82, 2.24) is 10.6 Å². The summed E-state index contributed by atoms with van der Waals surface area (Å²) in [4.78, 5) is 23.7. The predicted molar refractivity (Wildman–Crippen MR) is 95.4 cm³/mol. The minimum atomic E-state index is -0.589. The summed E-state index contributed by atoms with van der Waals surface area (Å²) in [6.45, 7) is 2.37. The minimum Gasteiger partial charge on any atom is -0.348 e. The van der Waals surface area contributed by atoms with Crippen molar-refractivity contribution in [2.45, 2.75) is 32.2 Å². The van der Waals surface area contributed by atoms with Crippen molar-refractivity contribution in [3.63, 3.8) is 0 Å². The van der Waals surface area contributed by atoms with Gasteiger partial charge < -0.3 is 10.6 Å². The summed E-state index contributed by atoms with van der Waals surface area (Å²) in [5, 5.41) is 5.39. The first kappa shape index (κ1) is 17.7. The van der Waals surface area contributed by atoms with Gasteiger partial charge in [0.25, 0.3) is 0 Å². The van der Waals surface area contributed by atoms with E-state index in [0.29, 0.717) is 6.54 Å². The molecule has 2 N–H and O–H groups in total. The van der Waals surface area contributed by atoms with E-state index in [1.54, 1.807) is 0 Å². The average molecular weight is 324 g/mol. The molecule has 0 aromatic heterocycles. The second-order valence-electron chi connectivity index (χ2n) is 5.80. The Morgan fingerprint density at radius 2 is 1.50 bits per heavy atom. The van der Waals surface area contributed by atoms with E-state index in [0.717, 1.165) is 24.8 Å². The summed E-state index contributed by atoms with van der Waals surface area (Å²) in [6, 6.07) is 19.6. The molecule has 2 amide bonds. The SMILES string of the molecule is C[C@@H](NC(=O)C(=O)NCCCCc1ccccc1)c1ccccc1. The third-order valence-electron chi connectivity index (χ3n) is 3.87. The molecule has 2 aromatic rings. The van der Waals surface area contributed by atoms with Crippen LogP contribution in [0.5, 0.6) is 0 Å². The molecule has 126 valence electrons. The van der Waals surface area contributed by atoms with Crippen LogP contribution in [0, 0.1) is 0 Å². The molecule has 2 rings (SSSR count). The van der Waals surface area contributed by atoms with Gasteiger partial charge in [-0.25, -0.2) is 0 Å². The largest absolute Gasteiger partial charge is 0.348 e. The van der Waals surface area contributed by atoms with Crippen LogP contribution in [0.2, 0.25) is 0 Å². The maximum atomic E-state index is 11.9. The highest BCUT2D eigenvalue weighted by atomic mass is 16.2. The zero-order valence-electron chi connectivity index (χ0n) is 14.0. The number of carbonyl (C=O) groups excluding carboxylic acids is 2. The number of amides is 2. The van der Waals surface area contributed by atoms with Crippen molar-refractivity contribution < 1.29 is 9.59 Å². The Labute approximate surface area is 143 Å². The Morgan fingerprint density at radius 3 is 2.17 bits per heavy atom. The van der Waals surface area contributed by atoms with Gasteiger partial charge in [0.15, 0.2) is 0 Å². The smallest absolute Gasteiger partial charge is 0.309 e.